The van der Waals surface area contributed by atoms with E-state index in [1.807, 2.05) is 13.8 Å². The van der Waals surface area contributed by atoms with Crippen molar-refractivity contribution in [3.8, 4) is 0 Å². The molecule has 0 saturated heterocycles. The van der Waals surface area contributed by atoms with Crippen LogP contribution in [-0.4, -0.2) is 40.5 Å². The van der Waals surface area contributed by atoms with E-state index in [1.165, 1.54) is 4.90 Å². The molecule has 5 heteroatoms. The maximum atomic E-state index is 12.2. The fraction of sp³-hybridized carbons (Fsp3) is 0.846. The molecule has 0 aromatic heterocycles. The van der Waals surface area contributed by atoms with E-state index in [0.29, 0.717) is 12.3 Å². The molecule has 1 saturated carbocycles. The third-order valence-corrected chi connectivity index (χ3v) is 3.40. The largest absolute Gasteiger partial charge is 0.480 e. The Balaban J connectivity index is 2.68. The van der Waals surface area contributed by atoms with E-state index in [2.05, 4.69) is 0 Å². The van der Waals surface area contributed by atoms with E-state index in [1.54, 1.807) is 0 Å². The Bertz CT molecular complexity index is 299. The zero-order valence-corrected chi connectivity index (χ0v) is 11.3. The van der Waals surface area contributed by atoms with E-state index in [0.717, 1.165) is 25.7 Å². The fourth-order valence-corrected chi connectivity index (χ4v) is 2.57. The first-order valence-electron chi connectivity index (χ1n) is 6.69. The van der Waals surface area contributed by atoms with Crippen molar-refractivity contribution >= 4 is 11.9 Å². The molecule has 1 aliphatic rings. The van der Waals surface area contributed by atoms with E-state index < -0.39 is 12.0 Å². The standard InChI is InChI=1S/C13H24N2O3/c1-9(2)7-11(14)13(18)15(8-12(16)17)10-5-3-4-6-10/h9-11H,3-8,14H2,1-2H3,(H,16,17)/t11-/m0/s1. The minimum absolute atomic E-state index is 0.0619. The highest BCUT2D eigenvalue weighted by Crippen LogP contribution is 2.24. The molecule has 0 heterocycles. The molecule has 5 nitrogen and oxygen atoms in total. The van der Waals surface area contributed by atoms with Gasteiger partial charge in [0, 0.05) is 6.04 Å². The molecule has 0 aliphatic heterocycles. The first-order valence-corrected chi connectivity index (χ1v) is 6.69. The highest BCUT2D eigenvalue weighted by Gasteiger charge is 2.31. The lowest BCUT2D eigenvalue weighted by molar-refractivity contribution is -0.147. The number of nitrogens with zero attached hydrogens (tertiary/aromatic N) is 1. The first-order chi connectivity index (χ1) is 8.41. The molecule has 0 unspecified atom stereocenters. The van der Waals surface area contributed by atoms with Gasteiger partial charge in [-0.1, -0.05) is 26.7 Å². The number of hydrogen-bond donors (Lipinski definition) is 2. The van der Waals surface area contributed by atoms with Crippen molar-refractivity contribution in [2.24, 2.45) is 11.7 Å². The van der Waals surface area contributed by atoms with Crippen molar-refractivity contribution in [1.29, 1.82) is 0 Å². The van der Waals surface area contributed by atoms with Crippen LogP contribution in [0.2, 0.25) is 0 Å². The molecule has 1 atom stereocenters. The van der Waals surface area contributed by atoms with Crippen LogP contribution in [0.5, 0.6) is 0 Å². The molecule has 1 fully saturated rings. The lowest BCUT2D eigenvalue weighted by atomic mass is 10.0. The average molecular weight is 256 g/mol. The molecule has 0 aromatic rings. The van der Waals surface area contributed by atoms with Gasteiger partial charge in [-0.05, 0) is 25.2 Å². The van der Waals surface area contributed by atoms with Crippen LogP contribution in [0.1, 0.15) is 46.0 Å². The third-order valence-electron chi connectivity index (χ3n) is 3.40. The molecule has 1 amide bonds. The molecule has 0 bridgehead atoms. The highest BCUT2D eigenvalue weighted by atomic mass is 16.4. The van der Waals surface area contributed by atoms with Crippen LogP contribution in [-0.2, 0) is 9.59 Å². The van der Waals surface area contributed by atoms with Gasteiger partial charge in [0.1, 0.15) is 6.54 Å². The number of nitrogens with two attached hydrogens (primary N) is 1. The summed E-state index contributed by atoms with van der Waals surface area (Å²) in [7, 11) is 0. The smallest absolute Gasteiger partial charge is 0.323 e. The van der Waals surface area contributed by atoms with Gasteiger partial charge in [-0.25, -0.2) is 0 Å². The van der Waals surface area contributed by atoms with Gasteiger partial charge in [0.15, 0.2) is 0 Å². The lowest BCUT2D eigenvalue weighted by Crippen LogP contribution is -2.50. The Kier molecular flexibility index (Phi) is 5.59. The number of carbonyl (C=O) groups is 2. The Morgan fingerprint density at radius 3 is 2.33 bits per heavy atom. The maximum absolute atomic E-state index is 12.2. The van der Waals surface area contributed by atoms with Crippen LogP contribution in [0.15, 0.2) is 0 Å². The van der Waals surface area contributed by atoms with E-state index >= 15 is 0 Å². The number of carbonyl (C=O) groups excluding carboxylic acids is 1. The molecular formula is C13H24N2O3. The van der Waals surface area contributed by atoms with Gasteiger partial charge >= 0.3 is 5.97 Å². The second-order valence-electron chi connectivity index (χ2n) is 5.53. The van der Waals surface area contributed by atoms with Crippen LogP contribution < -0.4 is 5.73 Å². The van der Waals surface area contributed by atoms with Gasteiger partial charge in [-0.2, -0.15) is 0 Å². The number of rotatable bonds is 6. The fourth-order valence-electron chi connectivity index (χ4n) is 2.57. The van der Waals surface area contributed by atoms with Crippen LogP contribution >= 0.6 is 0 Å². The van der Waals surface area contributed by atoms with Crippen LogP contribution in [0, 0.1) is 5.92 Å². The number of carboxylic acids is 1. The van der Waals surface area contributed by atoms with Crippen LogP contribution in [0.3, 0.4) is 0 Å². The van der Waals surface area contributed by atoms with Crippen molar-refractivity contribution in [2.75, 3.05) is 6.54 Å². The van der Waals surface area contributed by atoms with Gasteiger partial charge in [0.2, 0.25) is 5.91 Å². The van der Waals surface area contributed by atoms with E-state index in [9.17, 15) is 9.59 Å². The van der Waals surface area contributed by atoms with Crippen molar-refractivity contribution in [3.05, 3.63) is 0 Å². The molecule has 0 spiro atoms. The van der Waals surface area contributed by atoms with Gasteiger partial charge in [0.25, 0.3) is 0 Å². The quantitative estimate of drug-likeness (QED) is 0.748. The van der Waals surface area contributed by atoms with Crippen molar-refractivity contribution in [1.82, 2.24) is 4.90 Å². The normalized spacial score (nSPS) is 18.0. The molecule has 3 N–H and O–H groups in total. The van der Waals surface area contributed by atoms with Gasteiger partial charge in [-0.3, -0.25) is 9.59 Å². The molecule has 0 radical (unpaired) electrons. The topological polar surface area (TPSA) is 83.6 Å². The van der Waals surface area contributed by atoms with Crippen molar-refractivity contribution in [3.63, 3.8) is 0 Å². The Labute approximate surface area is 108 Å². The number of aliphatic carboxylic acids is 1. The van der Waals surface area contributed by atoms with Gasteiger partial charge < -0.3 is 15.7 Å². The minimum Gasteiger partial charge on any atom is -0.480 e. The Morgan fingerprint density at radius 2 is 1.89 bits per heavy atom. The molecular weight excluding hydrogens is 232 g/mol. The predicted molar refractivity (Wildman–Crippen MR) is 69.0 cm³/mol. The summed E-state index contributed by atoms with van der Waals surface area (Å²) in [6.07, 6.45) is 4.52. The van der Waals surface area contributed by atoms with Crippen molar-refractivity contribution in [2.45, 2.75) is 58.0 Å². The first kappa shape index (κ1) is 15.0. The van der Waals surface area contributed by atoms with Gasteiger partial charge in [0.05, 0.1) is 6.04 Å². The lowest BCUT2D eigenvalue weighted by Gasteiger charge is -2.30. The number of carboxylic acid groups (broad SMARTS) is 1. The Hall–Kier alpha value is -1.10. The summed E-state index contributed by atoms with van der Waals surface area (Å²) in [5.74, 6) is -0.843. The van der Waals surface area contributed by atoms with Crippen LogP contribution in [0.25, 0.3) is 0 Å². The molecule has 104 valence electrons. The zero-order valence-electron chi connectivity index (χ0n) is 11.3. The Morgan fingerprint density at radius 1 is 1.33 bits per heavy atom. The summed E-state index contributed by atoms with van der Waals surface area (Å²) < 4.78 is 0. The number of hydrogen-bond acceptors (Lipinski definition) is 3. The van der Waals surface area contributed by atoms with Crippen LogP contribution in [0.4, 0.5) is 0 Å². The second kappa shape index (κ2) is 6.73. The molecule has 18 heavy (non-hydrogen) atoms. The summed E-state index contributed by atoms with van der Waals surface area (Å²) in [6, 6.07) is -0.517. The average Bonchev–Trinajstić information content (AvgIpc) is 2.76. The van der Waals surface area contributed by atoms with E-state index in [4.69, 9.17) is 10.8 Å². The highest BCUT2D eigenvalue weighted by molar-refractivity contribution is 5.85. The zero-order chi connectivity index (χ0) is 13.7. The summed E-state index contributed by atoms with van der Waals surface area (Å²) in [4.78, 5) is 24.6. The second-order valence-corrected chi connectivity index (χ2v) is 5.53. The monoisotopic (exact) mass is 256 g/mol. The maximum Gasteiger partial charge on any atom is 0.323 e. The van der Waals surface area contributed by atoms with Crippen molar-refractivity contribution < 1.29 is 14.7 Å². The summed E-state index contributed by atoms with van der Waals surface area (Å²) >= 11 is 0. The third kappa shape index (κ3) is 4.29. The molecule has 0 aromatic carbocycles. The minimum atomic E-state index is -0.966. The van der Waals surface area contributed by atoms with Gasteiger partial charge in [-0.15, -0.1) is 0 Å². The summed E-state index contributed by atoms with van der Waals surface area (Å²) in [5.41, 5.74) is 5.88. The summed E-state index contributed by atoms with van der Waals surface area (Å²) in [6.45, 7) is 3.78. The molecule has 1 rings (SSSR count). The number of amides is 1. The predicted octanol–water partition coefficient (Wildman–Crippen LogP) is 1.22. The van der Waals surface area contributed by atoms with E-state index in [-0.39, 0.29) is 18.5 Å². The summed E-state index contributed by atoms with van der Waals surface area (Å²) in [5, 5.41) is 8.92. The molecule has 1 aliphatic carbocycles. The SMILES string of the molecule is CC(C)C[C@H](N)C(=O)N(CC(=O)O)C1CCCC1.